The number of benzene rings is 2. The number of carbonyl (C=O) groups excluding carboxylic acids is 1. The SMILES string of the molecule is Cc1cccc(-n2cnc3cc(C(=O)[O-])ccc32)c1. The van der Waals surface area contributed by atoms with Crippen LogP contribution in [0.15, 0.2) is 48.8 Å². The molecule has 0 N–H and O–H groups in total. The average molecular weight is 251 g/mol. The first-order valence-electron chi connectivity index (χ1n) is 5.90. The van der Waals surface area contributed by atoms with Gasteiger partial charge in [0.1, 0.15) is 6.33 Å². The van der Waals surface area contributed by atoms with E-state index in [9.17, 15) is 9.90 Å². The second kappa shape index (κ2) is 4.24. The van der Waals surface area contributed by atoms with Gasteiger partial charge in [-0.3, -0.25) is 4.57 Å². The van der Waals surface area contributed by atoms with E-state index in [4.69, 9.17) is 0 Å². The zero-order chi connectivity index (χ0) is 13.4. The molecule has 0 fully saturated rings. The zero-order valence-corrected chi connectivity index (χ0v) is 10.3. The fourth-order valence-corrected chi connectivity index (χ4v) is 2.12. The van der Waals surface area contributed by atoms with Crippen molar-refractivity contribution in [2.45, 2.75) is 6.92 Å². The highest BCUT2D eigenvalue weighted by Gasteiger charge is 2.06. The normalized spacial score (nSPS) is 10.8. The van der Waals surface area contributed by atoms with Crippen LogP contribution in [0.3, 0.4) is 0 Å². The largest absolute Gasteiger partial charge is 0.545 e. The lowest BCUT2D eigenvalue weighted by Crippen LogP contribution is -2.21. The van der Waals surface area contributed by atoms with Gasteiger partial charge in [0.25, 0.3) is 0 Å². The van der Waals surface area contributed by atoms with Gasteiger partial charge in [0.2, 0.25) is 0 Å². The second-order valence-corrected chi connectivity index (χ2v) is 4.44. The van der Waals surface area contributed by atoms with Gasteiger partial charge in [-0.25, -0.2) is 4.98 Å². The minimum absolute atomic E-state index is 0.141. The summed E-state index contributed by atoms with van der Waals surface area (Å²) in [6.07, 6.45) is 1.69. The molecule has 1 heterocycles. The molecule has 0 aliphatic heterocycles. The second-order valence-electron chi connectivity index (χ2n) is 4.44. The molecule has 0 spiro atoms. The van der Waals surface area contributed by atoms with Crippen molar-refractivity contribution in [3.05, 3.63) is 59.9 Å². The summed E-state index contributed by atoms with van der Waals surface area (Å²) >= 11 is 0. The van der Waals surface area contributed by atoms with Gasteiger partial charge in [-0.2, -0.15) is 0 Å². The Bertz CT molecular complexity index is 775. The number of aromatic carboxylic acids is 1. The van der Waals surface area contributed by atoms with Gasteiger partial charge in [0.15, 0.2) is 0 Å². The molecule has 0 atom stereocenters. The summed E-state index contributed by atoms with van der Waals surface area (Å²) in [5.74, 6) is -1.19. The van der Waals surface area contributed by atoms with E-state index in [0.717, 1.165) is 16.8 Å². The molecule has 1 aromatic heterocycles. The molecule has 0 aliphatic carbocycles. The summed E-state index contributed by atoms with van der Waals surface area (Å²) in [6.45, 7) is 2.02. The number of fused-ring (bicyclic) bond motifs is 1. The average Bonchev–Trinajstić information content (AvgIpc) is 2.81. The molecule has 2 aromatic carbocycles. The maximum Gasteiger partial charge on any atom is 0.100 e. The third-order valence-electron chi connectivity index (χ3n) is 3.06. The van der Waals surface area contributed by atoms with E-state index in [1.807, 2.05) is 35.8 Å². The van der Waals surface area contributed by atoms with Gasteiger partial charge < -0.3 is 9.90 Å². The fraction of sp³-hybridized carbons (Fsp3) is 0.0667. The van der Waals surface area contributed by atoms with Crippen molar-refractivity contribution in [1.29, 1.82) is 0 Å². The van der Waals surface area contributed by atoms with Crippen molar-refractivity contribution in [2.75, 3.05) is 0 Å². The summed E-state index contributed by atoms with van der Waals surface area (Å²) in [6, 6.07) is 12.8. The smallest absolute Gasteiger partial charge is 0.100 e. The van der Waals surface area contributed by atoms with Crippen LogP contribution in [-0.4, -0.2) is 15.5 Å². The first-order chi connectivity index (χ1) is 9.15. The number of carboxylic acid groups (broad SMARTS) is 1. The maximum absolute atomic E-state index is 10.8. The minimum Gasteiger partial charge on any atom is -0.545 e. The fourth-order valence-electron chi connectivity index (χ4n) is 2.12. The Morgan fingerprint density at radius 1 is 1.21 bits per heavy atom. The molecule has 4 nitrogen and oxygen atoms in total. The third-order valence-corrected chi connectivity index (χ3v) is 3.06. The molecule has 4 heteroatoms. The summed E-state index contributed by atoms with van der Waals surface area (Å²) in [5.41, 5.74) is 3.82. The number of aromatic nitrogens is 2. The van der Waals surface area contributed by atoms with Crippen molar-refractivity contribution in [2.24, 2.45) is 0 Å². The number of hydrogen-bond acceptors (Lipinski definition) is 3. The molecule has 0 unspecified atom stereocenters. The van der Waals surface area contributed by atoms with Gasteiger partial charge in [0, 0.05) is 5.69 Å². The van der Waals surface area contributed by atoms with E-state index in [2.05, 4.69) is 4.98 Å². The molecule has 94 valence electrons. The molecule has 3 aromatic rings. The Balaban J connectivity index is 2.18. The topological polar surface area (TPSA) is 58.0 Å². The van der Waals surface area contributed by atoms with E-state index >= 15 is 0 Å². The van der Waals surface area contributed by atoms with Gasteiger partial charge >= 0.3 is 0 Å². The van der Waals surface area contributed by atoms with E-state index in [1.165, 1.54) is 12.1 Å². The number of aryl methyl sites for hydroxylation is 1. The van der Waals surface area contributed by atoms with E-state index in [-0.39, 0.29) is 5.56 Å². The first kappa shape index (κ1) is 11.5. The van der Waals surface area contributed by atoms with Crippen LogP contribution in [0.5, 0.6) is 0 Å². The van der Waals surface area contributed by atoms with Crippen LogP contribution in [-0.2, 0) is 0 Å². The Kier molecular flexibility index (Phi) is 2.56. The van der Waals surface area contributed by atoms with Crippen LogP contribution in [0.25, 0.3) is 16.7 Å². The van der Waals surface area contributed by atoms with Crippen molar-refractivity contribution >= 4 is 17.0 Å². The van der Waals surface area contributed by atoms with Crippen LogP contribution in [0.1, 0.15) is 15.9 Å². The predicted octanol–water partition coefficient (Wildman–Crippen LogP) is 1.70. The maximum atomic E-state index is 10.8. The van der Waals surface area contributed by atoms with E-state index in [1.54, 1.807) is 12.4 Å². The number of imidazole rings is 1. The summed E-state index contributed by atoms with van der Waals surface area (Å²) < 4.78 is 1.93. The highest BCUT2D eigenvalue weighted by atomic mass is 16.4. The van der Waals surface area contributed by atoms with Crippen molar-refractivity contribution in [3.63, 3.8) is 0 Å². The number of nitrogens with zero attached hydrogens (tertiary/aromatic N) is 2. The Morgan fingerprint density at radius 3 is 2.79 bits per heavy atom. The number of carboxylic acids is 1. The van der Waals surface area contributed by atoms with Crippen LogP contribution in [0.4, 0.5) is 0 Å². The highest BCUT2D eigenvalue weighted by molar-refractivity contribution is 5.91. The van der Waals surface area contributed by atoms with Crippen LogP contribution in [0, 0.1) is 6.92 Å². The standard InChI is InChI=1S/C15H12N2O2/c1-10-3-2-4-12(7-10)17-9-16-13-8-11(15(18)19)5-6-14(13)17/h2-9H,1H3,(H,18,19)/p-1. The van der Waals surface area contributed by atoms with Gasteiger partial charge in [0.05, 0.1) is 17.0 Å². The Labute approximate surface area is 109 Å². The van der Waals surface area contributed by atoms with Crippen molar-refractivity contribution < 1.29 is 9.90 Å². The van der Waals surface area contributed by atoms with Crippen LogP contribution in [0.2, 0.25) is 0 Å². The summed E-state index contributed by atoms with van der Waals surface area (Å²) in [7, 11) is 0. The van der Waals surface area contributed by atoms with E-state index < -0.39 is 5.97 Å². The summed E-state index contributed by atoms with van der Waals surface area (Å²) in [5, 5.41) is 10.8. The molecular formula is C15H11N2O2-. The lowest BCUT2D eigenvalue weighted by atomic mass is 10.2. The number of rotatable bonds is 2. The quantitative estimate of drug-likeness (QED) is 0.696. The molecule has 0 bridgehead atoms. The monoisotopic (exact) mass is 251 g/mol. The first-order valence-corrected chi connectivity index (χ1v) is 5.90. The molecule has 3 rings (SSSR count). The van der Waals surface area contributed by atoms with Crippen LogP contribution >= 0.6 is 0 Å². The van der Waals surface area contributed by atoms with Crippen LogP contribution < -0.4 is 5.11 Å². The summed E-state index contributed by atoms with van der Waals surface area (Å²) in [4.78, 5) is 15.1. The molecule has 0 saturated heterocycles. The lowest BCUT2D eigenvalue weighted by Gasteiger charge is -2.06. The molecular weight excluding hydrogens is 240 g/mol. The molecule has 0 amide bonds. The lowest BCUT2D eigenvalue weighted by molar-refractivity contribution is -0.255. The molecule has 0 saturated carbocycles. The Morgan fingerprint density at radius 2 is 2.05 bits per heavy atom. The van der Waals surface area contributed by atoms with Gasteiger partial charge in [-0.15, -0.1) is 0 Å². The molecule has 0 radical (unpaired) electrons. The number of carbonyl (C=O) groups is 1. The predicted molar refractivity (Wildman–Crippen MR) is 70.1 cm³/mol. The highest BCUT2D eigenvalue weighted by Crippen LogP contribution is 2.19. The van der Waals surface area contributed by atoms with Crippen molar-refractivity contribution in [1.82, 2.24) is 9.55 Å². The molecule has 19 heavy (non-hydrogen) atoms. The number of hydrogen-bond donors (Lipinski definition) is 0. The zero-order valence-electron chi connectivity index (χ0n) is 10.3. The third kappa shape index (κ3) is 1.97. The molecule has 0 aliphatic rings. The minimum atomic E-state index is -1.19. The van der Waals surface area contributed by atoms with E-state index in [0.29, 0.717) is 5.52 Å². The van der Waals surface area contributed by atoms with Gasteiger partial charge in [-0.1, -0.05) is 18.2 Å². The van der Waals surface area contributed by atoms with Gasteiger partial charge in [-0.05, 0) is 42.3 Å². The Hall–Kier alpha value is -2.62. The van der Waals surface area contributed by atoms with Crippen molar-refractivity contribution in [3.8, 4) is 5.69 Å².